The van der Waals surface area contributed by atoms with Gasteiger partial charge in [-0.2, -0.15) is 0 Å². The summed E-state index contributed by atoms with van der Waals surface area (Å²) in [6.45, 7) is 6.20. The molecular weight excluding hydrogens is 286 g/mol. The van der Waals surface area contributed by atoms with Gasteiger partial charge in [0.05, 0.1) is 5.69 Å². The van der Waals surface area contributed by atoms with Gasteiger partial charge in [0, 0.05) is 11.9 Å². The molecule has 1 amide bonds. The van der Waals surface area contributed by atoms with Gasteiger partial charge >= 0.3 is 0 Å². The maximum atomic E-state index is 12.8. The second-order valence-electron chi connectivity index (χ2n) is 5.84. The van der Waals surface area contributed by atoms with Crippen LogP contribution < -0.4 is 5.32 Å². The molecule has 0 atom stereocenters. The predicted molar refractivity (Wildman–Crippen MR) is 93.1 cm³/mol. The van der Waals surface area contributed by atoms with Crippen molar-refractivity contribution < 1.29 is 4.79 Å². The standard InChI is InChI=1S/C19H21N3O/c1-4-7-16-18(22-11-6-5-8-17(22)21-16)19(23)20-15-10-9-13(2)14(3)12-15/h5-6,8-12H,4,7H2,1-3H3,(H,20,23). The molecule has 1 aromatic carbocycles. The van der Waals surface area contributed by atoms with Crippen LogP contribution in [0, 0.1) is 13.8 Å². The van der Waals surface area contributed by atoms with E-state index in [1.807, 2.05) is 53.9 Å². The van der Waals surface area contributed by atoms with Crippen LogP contribution in [0.1, 0.15) is 40.7 Å². The lowest BCUT2D eigenvalue weighted by Gasteiger charge is -2.09. The quantitative estimate of drug-likeness (QED) is 0.787. The molecule has 3 rings (SSSR count). The molecule has 2 aromatic heterocycles. The van der Waals surface area contributed by atoms with Gasteiger partial charge in [0.2, 0.25) is 0 Å². The first kappa shape index (κ1) is 15.3. The number of amides is 1. The summed E-state index contributed by atoms with van der Waals surface area (Å²) < 4.78 is 1.86. The minimum absolute atomic E-state index is 0.115. The number of nitrogens with one attached hydrogen (secondary N) is 1. The normalized spacial score (nSPS) is 10.9. The summed E-state index contributed by atoms with van der Waals surface area (Å²) in [7, 11) is 0. The Hall–Kier alpha value is -2.62. The molecule has 0 aliphatic carbocycles. The van der Waals surface area contributed by atoms with Crippen LogP contribution in [0.4, 0.5) is 5.69 Å². The number of hydrogen-bond donors (Lipinski definition) is 1. The van der Waals surface area contributed by atoms with E-state index in [2.05, 4.69) is 24.1 Å². The number of anilines is 1. The van der Waals surface area contributed by atoms with E-state index in [1.165, 1.54) is 5.56 Å². The zero-order chi connectivity index (χ0) is 16.4. The van der Waals surface area contributed by atoms with Gasteiger partial charge in [-0.05, 0) is 55.7 Å². The van der Waals surface area contributed by atoms with Crippen molar-refractivity contribution in [2.45, 2.75) is 33.6 Å². The number of imidazole rings is 1. The zero-order valence-electron chi connectivity index (χ0n) is 13.8. The number of aromatic nitrogens is 2. The lowest BCUT2D eigenvalue weighted by atomic mass is 10.1. The van der Waals surface area contributed by atoms with Gasteiger partial charge in [0.15, 0.2) is 0 Å². The third-order valence-corrected chi connectivity index (χ3v) is 4.07. The molecule has 0 spiro atoms. The van der Waals surface area contributed by atoms with Gasteiger partial charge in [0.1, 0.15) is 11.3 Å². The summed E-state index contributed by atoms with van der Waals surface area (Å²) in [5, 5.41) is 3.00. The van der Waals surface area contributed by atoms with Crippen LogP contribution in [0.2, 0.25) is 0 Å². The van der Waals surface area contributed by atoms with Gasteiger partial charge in [-0.15, -0.1) is 0 Å². The van der Waals surface area contributed by atoms with Gasteiger partial charge in [-0.1, -0.05) is 25.5 Å². The second kappa shape index (κ2) is 6.24. The van der Waals surface area contributed by atoms with Gasteiger partial charge < -0.3 is 5.32 Å². The van der Waals surface area contributed by atoms with Crippen molar-refractivity contribution in [3.63, 3.8) is 0 Å². The van der Waals surface area contributed by atoms with E-state index in [0.717, 1.165) is 35.4 Å². The number of pyridine rings is 1. The van der Waals surface area contributed by atoms with E-state index in [1.54, 1.807) is 0 Å². The fourth-order valence-corrected chi connectivity index (χ4v) is 2.71. The molecule has 118 valence electrons. The Labute approximate surface area is 136 Å². The molecule has 0 saturated heterocycles. The molecule has 0 fully saturated rings. The second-order valence-corrected chi connectivity index (χ2v) is 5.84. The fourth-order valence-electron chi connectivity index (χ4n) is 2.71. The highest BCUT2D eigenvalue weighted by atomic mass is 16.2. The van der Waals surface area contributed by atoms with Crippen molar-refractivity contribution in [1.29, 1.82) is 0 Å². The topological polar surface area (TPSA) is 46.4 Å². The molecule has 0 unspecified atom stereocenters. The Bertz CT molecular complexity index is 864. The minimum atomic E-state index is -0.115. The summed E-state index contributed by atoms with van der Waals surface area (Å²) in [6.07, 6.45) is 3.63. The van der Waals surface area contributed by atoms with E-state index >= 15 is 0 Å². The molecule has 3 aromatic rings. The van der Waals surface area contributed by atoms with E-state index in [0.29, 0.717) is 5.69 Å². The van der Waals surface area contributed by atoms with Crippen LogP contribution in [-0.4, -0.2) is 15.3 Å². The van der Waals surface area contributed by atoms with Crippen LogP contribution in [0.3, 0.4) is 0 Å². The number of rotatable bonds is 4. The molecule has 1 N–H and O–H groups in total. The Morgan fingerprint density at radius 2 is 2.00 bits per heavy atom. The number of carbonyl (C=O) groups excluding carboxylic acids is 1. The maximum Gasteiger partial charge on any atom is 0.274 e. The summed E-state index contributed by atoms with van der Waals surface area (Å²) >= 11 is 0. The number of fused-ring (bicyclic) bond motifs is 1. The monoisotopic (exact) mass is 307 g/mol. The van der Waals surface area contributed by atoms with E-state index in [4.69, 9.17) is 0 Å². The molecule has 0 aliphatic rings. The molecule has 0 saturated carbocycles. The first-order valence-electron chi connectivity index (χ1n) is 7.94. The van der Waals surface area contributed by atoms with Crippen molar-refractivity contribution in [2.24, 2.45) is 0 Å². The maximum absolute atomic E-state index is 12.8. The van der Waals surface area contributed by atoms with Crippen molar-refractivity contribution in [1.82, 2.24) is 9.38 Å². The molecule has 0 radical (unpaired) electrons. The highest BCUT2D eigenvalue weighted by molar-refractivity contribution is 6.04. The fraction of sp³-hybridized carbons (Fsp3) is 0.263. The lowest BCUT2D eigenvalue weighted by molar-refractivity contribution is 0.102. The van der Waals surface area contributed by atoms with Crippen molar-refractivity contribution >= 4 is 17.2 Å². The van der Waals surface area contributed by atoms with Crippen LogP contribution in [0.25, 0.3) is 5.65 Å². The van der Waals surface area contributed by atoms with Crippen LogP contribution in [-0.2, 0) is 6.42 Å². The zero-order valence-corrected chi connectivity index (χ0v) is 13.8. The van der Waals surface area contributed by atoms with Crippen molar-refractivity contribution in [3.05, 3.63) is 65.1 Å². The van der Waals surface area contributed by atoms with Crippen LogP contribution in [0.15, 0.2) is 42.6 Å². The molecule has 4 nitrogen and oxygen atoms in total. The lowest BCUT2D eigenvalue weighted by Crippen LogP contribution is -2.16. The van der Waals surface area contributed by atoms with Gasteiger partial charge in [-0.3, -0.25) is 9.20 Å². The molecule has 2 heterocycles. The first-order valence-corrected chi connectivity index (χ1v) is 7.94. The number of hydrogen-bond acceptors (Lipinski definition) is 2. The smallest absolute Gasteiger partial charge is 0.274 e. The molecule has 0 bridgehead atoms. The summed E-state index contributed by atoms with van der Waals surface area (Å²) in [4.78, 5) is 17.4. The van der Waals surface area contributed by atoms with Crippen molar-refractivity contribution in [2.75, 3.05) is 5.32 Å². The van der Waals surface area contributed by atoms with E-state index in [9.17, 15) is 4.79 Å². The van der Waals surface area contributed by atoms with Crippen LogP contribution >= 0.6 is 0 Å². The molecular formula is C19H21N3O. The Morgan fingerprint density at radius 1 is 1.17 bits per heavy atom. The summed E-state index contributed by atoms with van der Waals surface area (Å²) in [5.41, 5.74) is 5.47. The van der Waals surface area contributed by atoms with Gasteiger partial charge in [-0.25, -0.2) is 4.98 Å². The number of nitrogens with zero attached hydrogens (tertiary/aromatic N) is 2. The summed E-state index contributed by atoms with van der Waals surface area (Å²) in [6, 6.07) is 11.7. The SMILES string of the molecule is CCCc1nc2ccccn2c1C(=O)Nc1ccc(C)c(C)c1. The molecule has 23 heavy (non-hydrogen) atoms. The average Bonchev–Trinajstić information content (AvgIpc) is 2.89. The van der Waals surface area contributed by atoms with Gasteiger partial charge in [0.25, 0.3) is 5.91 Å². The number of aryl methyl sites for hydroxylation is 3. The van der Waals surface area contributed by atoms with Crippen LogP contribution in [0.5, 0.6) is 0 Å². The molecule has 4 heteroatoms. The Balaban J connectivity index is 1.99. The first-order chi connectivity index (χ1) is 11.1. The number of benzene rings is 1. The van der Waals surface area contributed by atoms with Crippen molar-refractivity contribution in [3.8, 4) is 0 Å². The average molecular weight is 307 g/mol. The highest BCUT2D eigenvalue weighted by Gasteiger charge is 2.18. The number of carbonyl (C=O) groups is 1. The van der Waals surface area contributed by atoms with E-state index in [-0.39, 0.29) is 5.91 Å². The highest BCUT2D eigenvalue weighted by Crippen LogP contribution is 2.18. The third kappa shape index (κ3) is 2.97. The third-order valence-electron chi connectivity index (χ3n) is 4.07. The summed E-state index contributed by atoms with van der Waals surface area (Å²) in [5.74, 6) is -0.115. The minimum Gasteiger partial charge on any atom is -0.321 e. The van der Waals surface area contributed by atoms with E-state index < -0.39 is 0 Å². The molecule has 0 aliphatic heterocycles. The largest absolute Gasteiger partial charge is 0.321 e. The predicted octanol–water partition coefficient (Wildman–Crippen LogP) is 4.16. The Morgan fingerprint density at radius 3 is 2.74 bits per heavy atom. The Kier molecular flexibility index (Phi) is 4.15.